The first-order chi connectivity index (χ1) is 16.3. The van der Waals surface area contributed by atoms with Crippen LogP contribution in [-0.2, 0) is 18.7 Å². The van der Waals surface area contributed by atoms with Gasteiger partial charge in [-0.3, -0.25) is 4.18 Å². The van der Waals surface area contributed by atoms with E-state index >= 15 is 0 Å². The Balaban J connectivity index is 1.98. The highest BCUT2D eigenvalue weighted by Crippen LogP contribution is 2.42. The molecule has 1 aliphatic carbocycles. The Morgan fingerprint density at radius 3 is 2.34 bits per heavy atom. The number of benzene rings is 2. The quantitative estimate of drug-likeness (QED) is 0.122. The predicted molar refractivity (Wildman–Crippen MR) is 154 cm³/mol. The molecule has 1 saturated carbocycles. The fourth-order valence-corrected chi connectivity index (χ4v) is 7.48. The van der Waals surface area contributed by atoms with Crippen LogP contribution in [0.3, 0.4) is 0 Å². The Labute approximate surface area is 227 Å². The Bertz CT molecular complexity index is 1070. The first-order valence-electron chi connectivity index (χ1n) is 12.5. The van der Waals surface area contributed by atoms with Crippen molar-refractivity contribution in [3.05, 3.63) is 69.6 Å². The number of halogens is 1. The molecular weight excluding hydrogens is 587 g/mol. The number of hydrogen-bond donors (Lipinski definition) is 0. The van der Waals surface area contributed by atoms with Crippen LogP contribution >= 0.6 is 22.6 Å². The van der Waals surface area contributed by atoms with Gasteiger partial charge in [-0.15, -0.1) is 0 Å². The molecule has 0 N–H and O–H groups in total. The third-order valence-corrected chi connectivity index (χ3v) is 14.3. The van der Waals surface area contributed by atoms with Crippen molar-refractivity contribution >= 4 is 41.0 Å². The van der Waals surface area contributed by atoms with E-state index in [9.17, 15) is 8.42 Å². The maximum Gasteiger partial charge on any atom is 0.297 e. The predicted octanol–water partition coefficient (Wildman–Crippen LogP) is 8.22. The molecule has 35 heavy (non-hydrogen) atoms. The lowest BCUT2D eigenvalue weighted by molar-refractivity contribution is 0.0540. The molecule has 0 saturated heterocycles. The normalized spacial score (nSPS) is 19.1. The molecule has 3 atom stereocenters. The Hall–Kier alpha value is -0.873. The van der Waals surface area contributed by atoms with E-state index in [4.69, 9.17) is 8.61 Å². The summed E-state index contributed by atoms with van der Waals surface area (Å²) in [4.78, 5) is 0.187. The molecule has 7 heteroatoms. The Kier molecular flexibility index (Phi) is 9.57. The molecule has 3 rings (SSSR count). The minimum absolute atomic E-state index is 0.0646. The van der Waals surface area contributed by atoms with Gasteiger partial charge in [-0.05, 0) is 84.3 Å². The molecule has 0 aromatic heterocycles. The van der Waals surface area contributed by atoms with E-state index in [0.717, 1.165) is 40.4 Å². The monoisotopic (exact) mass is 627 g/mol. The van der Waals surface area contributed by atoms with Crippen LogP contribution < -0.4 is 0 Å². The van der Waals surface area contributed by atoms with Crippen molar-refractivity contribution in [1.82, 2.24) is 0 Å². The first-order valence-corrected chi connectivity index (χ1v) is 17.9. The standard InChI is InChI=1S/C28H40IO4SSi/c1-21-16-18-23(19-17-21)34(30,31)32-27(24-14-10-11-15-25(24)29)20-26(22-12-8-7-9-13-22)33-35(5,6)28(2,3)4/h8,10-11,14-19,22,26-27H,7,9,12-13,20H2,1-6H3/q+1/t22?,26-,27+/m0/s1. The van der Waals surface area contributed by atoms with Gasteiger partial charge in [0.15, 0.2) is 8.32 Å². The van der Waals surface area contributed by atoms with Crippen molar-refractivity contribution < 1.29 is 17.0 Å². The SMILES string of the molecule is Cc1ccc(S(=O)(=O)O[C@H](C[C@H](O[Si](C)(C)C(C)(C)C)C2C[CH+]CCC2)c2ccccc2I)cc1. The summed E-state index contributed by atoms with van der Waals surface area (Å²) in [6, 6.07) is 14.8. The van der Waals surface area contributed by atoms with Gasteiger partial charge in [0.2, 0.25) is 0 Å². The molecule has 0 spiro atoms. The second-order valence-electron chi connectivity index (χ2n) is 11.2. The van der Waals surface area contributed by atoms with Gasteiger partial charge in [0.05, 0.1) is 30.3 Å². The summed E-state index contributed by atoms with van der Waals surface area (Å²) in [5.74, 6) is 0.368. The van der Waals surface area contributed by atoms with Crippen LogP contribution in [0.5, 0.6) is 0 Å². The van der Waals surface area contributed by atoms with Crippen LogP contribution in [0.25, 0.3) is 0 Å². The van der Waals surface area contributed by atoms with Gasteiger partial charge in [-0.25, -0.2) is 0 Å². The molecule has 1 fully saturated rings. The zero-order valence-electron chi connectivity index (χ0n) is 21.9. The Morgan fingerprint density at radius 1 is 1.11 bits per heavy atom. The van der Waals surface area contributed by atoms with Gasteiger partial charge in [0, 0.05) is 15.9 Å². The molecule has 192 valence electrons. The van der Waals surface area contributed by atoms with Crippen LogP contribution in [0.15, 0.2) is 53.4 Å². The molecule has 2 aromatic rings. The van der Waals surface area contributed by atoms with E-state index in [0.29, 0.717) is 12.3 Å². The van der Waals surface area contributed by atoms with Gasteiger partial charge in [0.1, 0.15) is 6.10 Å². The molecule has 1 aliphatic rings. The second-order valence-corrected chi connectivity index (χ2v) is 18.7. The maximum atomic E-state index is 13.4. The molecule has 4 nitrogen and oxygen atoms in total. The van der Waals surface area contributed by atoms with Crippen LogP contribution in [0, 0.1) is 22.8 Å². The summed E-state index contributed by atoms with van der Waals surface area (Å²) >= 11 is 2.28. The third kappa shape index (κ3) is 7.57. The van der Waals surface area contributed by atoms with E-state index in [2.05, 4.69) is 62.9 Å². The molecular formula is C28H40IO4SSi+. The summed E-state index contributed by atoms with van der Waals surface area (Å²) in [5, 5.41) is 0.0646. The van der Waals surface area contributed by atoms with Crippen LogP contribution in [-0.4, -0.2) is 22.8 Å². The van der Waals surface area contributed by atoms with Gasteiger partial charge < -0.3 is 4.43 Å². The van der Waals surface area contributed by atoms with E-state index in [1.165, 1.54) is 0 Å². The molecule has 0 aliphatic heterocycles. The highest BCUT2D eigenvalue weighted by atomic mass is 127. The van der Waals surface area contributed by atoms with Crippen molar-refractivity contribution in [3.63, 3.8) is 0 Å². The molecule has 0 bridgehead atoms. The highest BCUT2D eigenvalue weighted by molar-refractivity contribution is 14.1. The average molecular weight is 628 g/mol. The number of rotatable bonds is 9. The maximum absolute atomic E-state index is 13.4. The van der Waals surface area contributed by atoms with Gasteiger partial charge in [-0.2, -0.15) is 8.42 Å². The van der Waals surface area contributed by atoms with Crippen molar-refractivity contribution in [2.75, 3.05) is 0 Å². The number of aryl methyl sites for hydroxylation is 1. The fraction of sp³-hybridized carbons (Fsp3) is 0.536. The fourth-order valence-electron chi connectivity index (χ4n) is 4.28. The summed E-state index contributed by atoms with van der Waals surface area (Å²) < 4.78 is 40.8. The number of hydrogen-bond acceptors (Lipinski definition) is 4. The smallest absolute Gasteiger partial charge is 0.297 e. The molecule has 0 heterocycles. The topological polar surface area (TPSA) is 52.6 Å². The van der Waals surface area contributed by atoms with Crippen LogP contribution in [0.1, 0.15) is 70.1 Å². The van der Waals surface area contributed by atoms with Gasteiger partial charge in [-0.1, -0.05) is 56.7 Å². The van der Waals surface area contributed by atoms with Crippen LogP contribution in [0.2, 0.25) is 18.1 Å². The molecule has 1 unspecified atom stereocenters. The van der Waals surface area contributed by atoms with E-state index < -0.39 is 24.5 Å². The lowest BCUT2D eigenvalue weighted by Crippen LogP contribution is -2.46. The highest BCUT2D eigenvalue weighted by Gasteiger charge is 2.43. The largest absolute Gasteiger partial charge is 0.413 e. The average Bonchev–Trinajstić information content (AvgIpc) is 2.78. The van der Waals surface area contributed by atoms with E-state index in [1.54, 1.807) is 24.3 Å². The van der Waals surface area contributed by atoms with Crippen molar-refractivity contribution in [2.45, 2.75) is 95.0 Å². The van der Waals surface area contributed by atoms with E-state index in [1.807, 2.05) is 31.2 Å². The summed E-state index contributed by atoms with van der Waals surface area (Å²) in [7, 11) is -6.03. The first kappa shape index (κ1) is 28.7. The Morgan fingerprint density at radius 2 is 1.77 bits per heavy atom. The lowest BCUT2D eigenvalue weighted by Gasteiger charge is -2.42. The lowest BCUT2D eigenvalue weighted by atomic mass is 9.83. The molecule has 0 radical (unpaired) electrons. The summed E-state index contributed by atoms with van der Waals surface area (Å²) in [6.45, 7) is 13.2. The second kappa shape index (κ2) is 11.7. The van der Waals surface area contributed by atoms with Crippen molar-refractivity contribution in [3.8, 4) is 0 Å². The van der Waals surface area contributed by atoms with E-state index in [-0.39, 0.29) is 16.0 Å². The third-order valence-electron chi connectivity index (χ3n) is 7.48. The van der Waals surface area contributed by atoms with Crippen molar-refractivity contribution in [2.24, 2.45) is 5.92 Å². The minimum atomic E-state index is -3.94. The van der Waals surface area contributed by atoms with Crippen LogP contribution in [0.4, 0.5) is 0 Å². The minimum Gasteiger partial charge on any atom is -0.413 e. The summed E-state index contributed by atoms with van der Waals surface area (Å²) in [5.41, 5.74) is 1.90. The zero-order chi connectivity index (χ0) is 25.9. The molecule has 2 aromatic carbocycles. The molecule has 0 amide bonds. The zero-order valence-corrected chi connectivity index (χ0v) is 25.9. The van der Waals surface area contributed by atoms with Gasteiger partial charge >= 0.3 is 0 Å². The van der Waals surface area contributed by atoms with Gasteiger partial charge in [0.25, 0.3) is 10.1 Å². The summed E-state index contributed by atoms with van der Waals surface area (Å²) in [6.07, 6.45) is 6.58. The van der Waals surface area contributed by atoms with Crippen molar-refractivity contribution in [1.29, 1.82) is 0 Å².